The molecule has 29 heavy (non-hydrogen) atoms. The van der Waals surface area contributed by atoms with Crippen molar-refractivity contribution in [2.45, 2.75) is 26.9 Å². The lowest BCUT2D eigenvalue weighted by atomic mass is 10.1. The molecule has 7 nitrogen and oxygen atoms in total. The third kappa shape index (κ3) is 4.38. The zero-order valence-corrected chi connectivity index (χ0v) is 17.8. The lowest BCUT2D eigenvalue weighted by Gasteiger charge is -2.18. The van der Waals surface area contributed by atoms with E-state index in [-0.39, 0.29) is 28.1 Å². The molecule has 1 N–H and O–H groups in total. The van der Waals surface area contributed by atoms with Gasteiger partial charge in [0.25, 0.3) is 5.91 Å². The predicted octanol–water partition coefficient (Wildman–Crippen LogP) is 3.69. The van der Waals surface area contributed by atoms with Crippen LogP contribution in [0.3, 0.4) is 0 Å². The molecule has 1 atom stereocenters. The van der Waals surface area contributed by atoms with Crippen molar-refractivity contribution in [1.29, 1.82) is 0 Å². The first-order valence-electron chi connectivity index (χ1n) is 9.03. The molecular weight excluding hydrogens is 416 g/mol. The summed E-state index contributed by atoms with van der Waals surface area (Å²) in [6, 6.07) is 11.0. The Balaban J connectivity index is 1.94. The largest absolute Gasteiger partial charge is 0.489 e. The molecule has 2 aromatic carbocycles. The molecule has 1 aliphatic heterocycles. The van der Waals surface area contributed by atoms with Crippen molar-refractivity contribution in [2.24, 2.45) is 5.92 Å². The van der Waals surface area contributed by atoms with Gasteiger partial charge in [0, 0.05) is 0 Å². The number of sulfonamides is 1. The number of halogens is 1. The minimum Gasteiger partial charge on any atom is -0.489 e. The Morgan fingerprint density at radius 3 is 2.55 bits per heavy atom. The molecular formula is C20H21ClN2O5S. The highest BCUT2D eigenvalue weighted by Crippen LogP contribution is 2.32. The van der Waals surface area contributed by atoms with Crippen molar-refractivity contribution < 1.29 is 22.7 Å². The van der Waals surface area contributed by atoms with Crippen LogP contribution >= 0.6 is 11.6 Å². The average molecular weight is 437 g/mol. The molecule has 154 valence electrons. The fraction of sp³-hybridized carbons (Fsp3) is 0.300. The number of hydrogen-bond acceptors (Lipinski definition) is 5. The van der Waals surface area contributed by atoms with Crippen molar-refractivity contribution in [3.05, 3.63) is 53.1 Å². The third-order valence-electron chi connectivity index (χ3n) is 4.29. The normalized spacial score (nSPS) is 18.2. The van der Waals surface area contributed by atoms with E-state index in [0.717, 1.165) is 4.31 Å². The lowest BCUT2D eigenvalue weighted by Crippen LogP contribution is -2.30. The van der Waals surface area contributed by atoms with Crippen LogP contribution in [0.4, 0.5) is 11.4 Å². The molecule has 0 aromatic heterocycles. The molecule has 1 unspecified atom stereocenters. The summed E-state index contributed by atoms with van der Waals surface area (Å²) >= 11 is 6.18. The van der Waals surface area contributed by atoms with Gasteiger partial charge in [-0.05, 0) is 44.2 Å². The van der Waals surface area contributed by atoms with Gasteiger partial charge in [-0.25, -0.2) is 12.7 Å². The average Bonchev–Trinajstić information content (AvgIpc) is 2.84. The standard InChI is InChI=1S/C20H21ClN2O5S/c1-12(2)28-18-7-5-4-6-17(18)22-19(24)15-10-14(8-9-16(15)21)23-20(25)13(3)11-29(23,26)27/h4-10,12-13H,11H2,1-3H3,(H,22,24). The van der Waals surface area contributed by atoms with Gasteiger partial charge in [-0.2, -0.15) is 0 Å². The van der Waals surface area contributed by atoms with Gasteiger partial charge in [0.1, 0.15) is 5.75 Å². The van der Waals surface area contributed by atoms with E-state index in [1.165, 1.54) is 18.2 Å². The summed E-state index contributed by atoms with van der Waals surface area (Å²) in [6.45, 7) is 5.29. The molecule has 2 aromatic rings. The zero-order valence-electron chi connectivity index (χ0n) is 16.2. The summed E-state index contributed by atoms with van der Waals surface area (Å²) in [7, 11) is -3.78. The van der Waals surface area contributed by atoms with Crippen LogP contribution in [0.5, 0.6) is 5.75 Å². The smallest absolute Gasteiger partial charge is 0.257 e. The number of ether oxygens (including phenoxy) is 1. The number of carbonyl (C=O) groups excluding carboxylic acids is 2. The van der Waals surface area contributed by atoms with Crippen molar-refractivity contribution >= 4 is 44.8 Å². The second-order valence-electron chi connectivity index (χ2n) is 7.06. The van der Waals surface area contributed by atoms with Gasteiger partial charge in [0.2, 0.25) is 15.9 Å². The summed E-state index contributed by atoms with van der Waals surface area (Å²) in [5.41, 5.74) is 0.581. The summed E-state index contributed by atoms with van der Waals surface area (Å²) < 4.78 is 31.1. The topological polar surface area (TPSA) is 92.8 Å². The van der Waals surface area contributed by atoms with Gasteiger partial charge in [0.05, 0.1) is 39.7 Å². The number of amides is 2. The first-order valence-corrected chi connectivity index (χ1v) is 11.0. The van der Waals surface area contributed by atoms with E-state index in [4.69, 9.17) is 16.3 Å². The monoisotopic (exact) mass is 436 g/mol. The first kappa shape index (κ1) is 21.1. The van der Waals surface area contributed by atoms with Crippen molar-refractivity contribution in [1.82, 2.24) is 0 Å². The Hall–Kier alpha value is -2.58. The fourth-order valence-electron chi connectivity index (χ4n) is 3.02. The number of hydrogen-bond donors (Lipinski definition) is 1. The van der Waals surface area contributed by atoms with E-state index < -0.39 is 27.8 Å². The van der Waals surface area contributed by atoms with E-state index in [2.05, 4.69) is 5.32 Å². The van der Waals surface area contributed by atoms with Crippen LogP contribution in [0.15, 0.2) is 42.5 Å². The van der Waals surface area contributed by atoms with E-state index >= 15 is 0 Å². The Morgan fingerprint density at radius 2 is 1.93 bits per heavy atom. The van der Waals surface area contributed by atoms with E-state index in [0.29, 0.717) is 11.4 Å². The number of benzene rings is 2. The van der Waals surface area contributed by atoms with Crippen molar-refractivity contribution in [2.75, 3.05) is 15.4 Å². The maximum Gasteiger partial charge on any atom is 0.257 e. The second-order valence-corrected chi connectivity index (χ2v) is 9.33. The summed E-state index contributed by atoms with van der Waals surface area (Å²) in [5, 5.41) is 2.86. The maximum absolute atomic E-state index is 12.8. The van der Waals surface area contributed by atoms with Crippen LogP contribution in [-0.4, -0.2) is 32.1 Å². The van der Waals surface area contributed by atoms with Gasteiger partial charge in [-0.15, -0.1) is 0 Å². The van der Waals surface area contributed by atoms with Gasteiger partial charge in [-0.3, -0.25) is 9.59 Å². The Kier molecular flexibility index (Phi) is 5.86. The van der Waals surface area contributed by atoms with Gasteiger partial charge < -0.3 is 10.1 Å². The van der Waals surface area contributed by atoms with Gasteiger partial charge in [-0.1, -0.05) is 30.7 Å². The molecule has 1 aliphatic rings. The number of carbonyl (C=O) groups is 2. The molecule has 0 bridgehead atoms. The molecule has 0 radical (unpaired) electrons. The van der Waals surface area contributed by atoms with E-state index in [9.17, 15) is 18.0 Å². The first-order chi connectivity index (χ1) is 13.6. The second kappa shape index (κ2) is 8.04. The van der Waals surface area contributed by atoms with Crippen LogP contribution in [0.25, 0.3) is 0 Å². The summed E-state index contributed by atoms with van der Waals surface area (Å²) in [5.74, 6) is -1.50. The number of para-hydroxylation sites is 2. The summed E-state index contributed by atoms with van der Waals surface area (Å²) in [6.07, 6.45) is -0.0895. The molecule has 3 rings (SSSR count). The highest BCUT2D eigenvalue weighted by molar-refractivity contribution is 7.94. The van der Waals surface area contributed by atoms with Crippen LogP contribution in [-0.2, 0) is 14.8 Å². The fourth-order valence-corrected chi connectivity index (χ4v) is 5.03. The lowest BCUT2D eigenvalue weighted by molar-refractivity contribution is -0.119. The van der Waals surface area contributed by atoms with E-state index in [1.54, 1.807) is 31.2 Å². The van der Waals surface area contributed by atoms with Gasteiger partial charge in [0.15, 0.2) is 0 Å². The zero-order chi connectivity index (χ0) is 21.3. The quantitative estimate of drug-likeness (QED) is 0.771. The third-order valence-corrected chi connectivity index (χ3v) is 6.49. The molecule has 2 amide bonds. The SMILES string of the molecule is CC(C)Oc1ccccc1NC(=O)c1cc(N2C(=O)C(C)CS2(=O)=O)ccc1Cl. The predicted molar refractivity (Wildman–Crippen MR) is 112 cm³/mol. The molecule has 0 saturated carbocycles. The molecule has 1 heterocycles. The van der Waals surface area contributed by atoms with Crippen molar-refractivity contribution in [3.63, 3.8) is 0 Å². The van der Waals surface area contributed by atoms with Crippen LogP contribution < -0.4 is 14.4 Å². The number of nitrogens with one attached hydrogen (secondary N) is 1. The van der Waals surface area contributed by atoms with Crippen molar-refractivity contribution in [3.8, 4) is 5.75 Å². The van der Waals surface area contributed by atoms with Crippen LogP contribution in [0.1, 0.15) is 31.1 Å². The maximum atomic E-state index is 12.8. The molecule has 1 saturated heterocycles. The van der Waals surface area contributed by atoms with E-state index in [1.807, 2.05) is 13.8 Å². The minimum atomic E-state index is -3.78. The number of nitrogens with zero attached hydrogens (tertiary/aromatic N) is 1. The molecule has 1 fully saturated rings. The minimum absolute atomic E-state index is 0.0473. The highest BCUT2D eigenvalue weighted by Gasteiger charge is 2.42. The Labute approximate surface area is 174 Å². The summed E-state index contributed by atoms with van der Waals surface area (Å²) in [4.78, 5) is 25.2. The molecule has 0 spiro atoms. The number of anilines is 2. The van der Waals surface area contributed by atoms with Crippen LogP contribution in [0.2, 0.25) is 5.02 Å². The van der Waals surface area contributed by atoms with Gasteiger partial charge >= 0.3 is 0 Å². The molecule has 9 heteroatoms. The van der Waals surface area contributed by atoms with Crippen LogP contribution in [0, 0.1) is 5.92 Å². The molecule has 0 aliphatic carbocycles. The highest BCUT2D eigenvalue weighted by atomic mass is 35.5. The number of rotatable bonds is 5. The Morgan fingerprint density at radius 1 is 1.24 bits per heavy atom. The Bertz CT molecular complexity index is 1070.